The number of hydrogen-bond donors (Lipinski definition) is 2. The summed E-state index contributed by atoms with van der Waals surface area (Å²) < 4.78 is 0. The Morgan fingerprint density at radius 2 is 1.50 bits per heavy atom. The zero-order valence-electron chi connectivity index (χ0n) is 12.3. The molecule has 0 atom stereocenters. The maximum Gasteiger partial charge on any atom is 0.0771 e. The normalized spacial score (nSPS) is 19.7. The van der Waals surface area contributed by atoms with Gasteiger partial charge in [-0.15, -0.1) is 0 Å². The summed E-state index contributed by atoms with van der Waals surface area (Å²) in [7, 11) is 0. The minimum absolute atomic E-state index is 0.404. The summed E-state index contributed by atoms with van der Waals surface area (Å²) in [6.07, 6.45) is 15.1. The lowest BCUT2D eigenvalue weighted by molar-refractivity contribution is 0.0254. The van der Waals surface area contributed by atoms with Crippen LogP contribution in [0.4, 0.5) is 0 Å². The Morgan fingerprint density at radius 3 is 2.17 bits per heavy atom. The highest BCUT2D eigenvalue weighted by molar-refractivity contribution is 4.83. The van der Waals surface area contributed by atoms with Crippen molar-refractivity contribution in [3.8, 4) is 0 Å². The van der Waals surface area contributed by atoms with Crippen LogP contribution in [0.2, 0.25) is 0 Å². The van der Waals surface area contributed by atoms with Crippen molar-refractivity contribution in [1.82, 2.24) is 5.32 Å². The van der Waals surface area contributed by atoms with Crippen molar-refractivity contribution < 1.29 is 5.11 Å². The lowest BCUT2D eigenvalue weighted by atomic mass is 9.94. The summed E-state index contributed by atoms with van der Waals surface area (Å²) in [5.41, 5.74) is -0.404. The van der Waals surface area contributed by atoms with Gasteiger partial charge in [0.1, 0.15) is 0 Å². The van der Waals surface area contributed by atoms with Crippen LogP contribution < -0.4 is 5.32 Å². The predicted octanol–water partition coefficient (Wildman–Crippen LogP) is 4.02. The van der Waals surface area contributed by atoms with Crippen molar-refractivity contribution in [2.75, 3.05) is 13.1 Å². The van der Waals surface area contributed by atoms with E-state index < -0.39 is 5.60 Å². The molecule has 0 radical (unpaired) electrons. The topological polar surface area (TPSA) is 32.3 Å². The van der Waals surface area contributed by atoms with E-state index >= 15 is 0 Å². The van der Waals surface area contributed by atoms with Gasteiger partial charge in [0, 0.05) is 6.54 Å². The Bertz CT molecular complexity index is 186. The second kappa shape index (κ2) is 9.80. The first-order valence-corrected chi connectivity index (χ1v) is 8.20. The monoisotopic (exact) mass is 255 g/mol. The van der Waals surface area contributed by atoms with Crippen LogP contribution >= 0.6 is 0 Å². The molecule has 1 aliphatic rings. The SMILES string of the molecule is CCCCCCCCNCC1(O)CCCCCC1. The number of nitrogens with one attached hydrogen (secondary N) is 1. The average molecular weight is 255 g/mol. The van der Waals surface area contributed by atoms with E-state index in [-0.39, 0.29) is 0 Å². The molecule has 0 spiro atoms. The molecule has 0 aromatic carbocycles. The summed E-state index contributed by atoms with van der Waals surface area (Å²) in [5, 5.41) is 13.9. The van der Waals surface area contributed by atoms with E-state index in [9.17, 15) is 5.11 Å². The molecule has 1 fully saturated rings. The van der Waals surface area contributed by atoms with E-state index in [0.717, 1.165) is 25.9 Å². The molecule has 0 aromatic rings. The van der Waals surface area contributed by atoms with Gasteiger partial charge in [-0.05, 0) is 25.8 Å². The van der Waals surface area contributed by atoms with Gasteiger partial charge in [-0.3, -0.25) is 0 Å². The molecule has 0 unspecified atom stereocenters. The molecule has 1 saturated carbocycles. The first kappa shape index (κ1) is 16.0. The standard InChI is InChI=1S/C16H33NO/c1-2-3-4-5-8-11-14-17-15-16(18)12-9-6-7-10-13-16/h17-18H,2-15H2,1H3. The minimum Gasteiger partial charge on any atom is -0.389 e. The highest BCUT2D eigenvalue weighted by atomic mass is 16.3. The van der Waals surface area contributed by atoms with E-state index in [1.165, 1.54) is 64.2 Å². The zero-order chi connectivity index (χ0) is 13.1. The average Bonchev–Trinajstić information content (AvgIpc) is 2.58. The van der Waals surface area contributed by atoms with Gasteiger partial charge in [-0.25, -0.2) is 0 Å². The van der Waals surface area contributed by atoms with E-state index in [1.807, 2.05) is 0 Å². The van der Waals surface area contributed by atoms with Crippen LogP contribution in [0.5, 0.6) is 0 Å². The highest BCUT2D eigenvalue weighted by Crippen LogP contribution is 2.26. The summed E-state index contributed by atoms with van der Waals surface area (Å²) >= 11 is 0. The third-order valence-corrected chi connectivity index (χ3v) is 4.20. The van der Waals surface area contributed by atoms with Crippen LogP contribution in [-0.4, -0.2) is 23.8 Å². The molecule has 108 valence electrons. The van der Waals surface area contributed by atoms with Crippen molar-refractivity contribution in [1.29, 1.82) is 0 Å². The summed E-state index contributed by atoms with van der Waals surface area (Å²) in [4.78, 5) is 0. The van der Waals surface area contributed by atoms with E-state index in [1.54, 1.807) is 0 Å². The quantitative estimate of drug-likeness (QED) is 0.482. The van der Waals surface area contributed by atoms with Gasteiger partial charge in [-0.1, -0.05) is 64.7 Å². The van der Waals surface area contributed by atoms with Crippen LogP contribution in [0.3, 0.4) is 0 Å². The third-order valence-electron chi connectivity index (χ3n) is 4.20. The van der Waals surface area contributed by atoms with Crippen molar-refractivity contribution in [2.24, 2.45) is 0 Å². The van der Waals surface area contributed by atoms with E-state index in [2.05, 4.69) is 12.2 Å². The zero-order valence-corrected chi connectivity index (χ0v) is 12.3. The Labute approximate surface area is 114 Å². The van der Waals surface area contributed by atoms with Gasteiger partial charge >= 0.3 is 0 Å². The van der Waals surface area contributed by atoms with Gasteiger partial charge < -0.3 is 10.4 Å². The maximum atomic E-state index is 10.5. The molecule has 0 bridgehead atoms. The van der Waals surface area contributed by atoms with Gasteiger partial charge in [0.15, 0.2) is 0 Å². The van der Waals surface area contributed by atoms with Crippen molar-refractivity contribution in [3.05, 3.63) is 0 Å². The highest BCUT2D eigenvalue weighted by Gasteiger charge is 2.26. The minimum atomic E-state index is -0.404. The molecule has 0 amide bonds. The molecule has 0 aromatic heterocycles. The van der Waals surface area contributed by atoms with Crippen molar-refractivity contribution >= 4 is 0 Å². The van der Waals surface area contributed by atoms with E-state index in [4.69, 9.17) is 0 Å². The second-order valence-electron chi connectivity index (χ2n) is 6.08. The van der Waals surface area contributed by atoms with Crippen LogP contribution in [0.25, 0.3) is 0 Å². The summed E-state index contributed by atoms with van der Waals surface area (Å²) in [6, 6.07) is 0. The lowest BCUT2D eigenvalue weighted by Crippen LogP contribution is -2.40. The summed E-state index contributed by atoms with van der Waals surface area (Å²) in [6.45, 7) is 4.14. The van der Waals surface area contributed by atoms with Crippen molar-refractivity contribution in [3.63, 3.8) is 0 Å². The molecule has 1 aliphatic carbocycles. The smallest absolute Gasteiger partial charge is 0.0771 e. The Kier molecular flexibility index (Phi) is 8.70. The second-order valence-corrected chi connectivity index (χ2v) is 6.08. The van der Waals surface area contributed by atoms with Gasteiger partial charge in [0.05, 0.1) is 5.60 Å². The molecule has 0 heterocycles. The molecular weight excluding hydrogens is 222 g/mol. The number of hydrogen-bond acceptors (Lipinski definition) is 2. The molecule has 0 saturated heterocycles. The Morgan fingerprint density at radius 1 is 0.889 bits per heavy atom. The van der Waals surface area contributed by atoms with Gasteiger partial charge in [-0.2, -0.15) is 0 Å². The first-order chi connectivity index (χ1) is 8.77. The fourth-order valence-electron chi connectivity index (χ4n) is 2.91. The first-order valence-electron chi connectivity index (χ1n) is 8.20. The Balaban J connectivity index is 1.95. The fraction of sp³-hybridized carbons (Fsp3) is 1.00. The number of rotatable bonds is 9. The summed E-state index contributed by atoms with van der Waals surface area (Å²) in [5.74, 6) is 0. The molecule has 0 aliphatic heterocycles. The van der Waals surface area contributed by atoms with Gasteiger partial charge in [0.25, 0.3) is 0 Å². The Hall–Kier alpha value is -0.0800. The molecule has 1 rings (SSSR count). The molecule has 18 heavy (non-hydrogen) atoms. The molecule has 2 heteroatoms. The number of aliphatic hydroxyl groups is 1. The predicted molar refractivity (Wildman–Crippen MR) is 78.9 cm³/mol. The van der Waals surface area contributed by atoms with Crippen molar-refractivity contribution in [2.45, 2.75) is 89.6 Å². The number of unbranched alkanes of at least 4 members (excludes halogenated alkanes) is 5. The largest absolute Gasteiger partial charge is 0.389 e. The van der Waals surface area contributed by atoms with Crippen LogP contribution in [0.15, 0.2) is 0 Å². The van der Waals surface area contributed by atoms with Crippen LogP contribution in [0, 0.1) is 0 Å². The van der Waals surface area contributed by atoms with Gasteiger partial charge in [0.2, 0.25) is 0 Å². The van der Waals surface area contributed by atoms with Crippen LogP contribution in [-0.2, 0) is 0 Å². The molecular formula is C16H33NO. The lowest BCUT2D eigenvalue weighted by Gasteiger charge is -2.27. The maximum absolute atomic E-state index is 10.5. The fourth-order valence-corrected chi connectivity index (χ4v) is 2.91. The van der Waals surface area contributed by atoms with E-state index in [0.29, 0.717) is 0 Å². The third kappa shape index (κ3) is 7.38. The van der Waals surface area contributed by atoms with Crippen LogP contribution in [0.1, 0.15) is 84.0 Å². The molecule has 2 nitrogen and oxygen atoms in total. The molecule has 2 N–H and O–H groups in total.